The minimum atomic E-state index is 0.391. The summed E-state index contributed by atoms with van der Waals surface area (Å²) in [6.07, 6.45) is 4.50. The van der Waals surface area contributed by atoms with E-state index in [4.69, 9.17) is 9.98 Å². The van der Waals surface area contributed by atoms with Gasteiger partial charge in [-0.2, -0.15) is 0 Å². The average molecular weight is 527 g/mol. The largest absolute Gasteiger partial charge is 0.342 e. The molecule has 0 radical (unpaired) electrons. The van der Waals surface area contributed by atoms with Gasteiger partial charge in [0.25, 0.3) is 0 Å². The molecule has 2 bridgehead atoms. The number of aromatic nitrogens is 2. The van der Waals surface area contributed by atoms with E-state index < -0.39 is 0 Å². The fourth-order valence-electron chi connectivity index (χ4n) is 7.53. The second-order valence-electron chi connectivity index (χ2n) is 13.2. The summed E-state index contributed by atoms with van der Waals surface area (Å²) in [6, 6.07) is 14.1. The van der Waals surface area contributed by atoms with Gasteiger partial charge in [-0.1, -0.05) is 44.5 Å². The smallest absolute Gasteiger partial charge is 0.198 e. The predicted molar refractivity (Wildman–Crippen MR) is 162 cm³/mol. The number of piperazine rings is 1. The first-order valence-corrected chi connectivity index (χ1v) is 15.1. The van der Waals surface area contributed by atoms with Crippen molar-refractivity contribution in [3.05, 3.63) is 58.9 Å². The van der Waals surface area contributed by atoms with Crippen molar-refractivity contribution in [1.82, 2.24) is 20.2 Å². The van der Waals surface area contributed by atoms with Gasteiger partial charge in [-0.15, -0.1) is 0 Å². The van der Waals surface area contributed by atoms with E-state index in [1.165, 1.54) is 29.5 Å². The third kappa shape index (κ3) is 5.20. The van der Waals surface area contributed by atoms with Gasteiger partial charge in [0, 0.05) is 37.8 Å². The summed E-state index contributed by atoms with van der Waals surface area (Å²) in [5.74, 6) is 4.30. The standard InChI is InChI=1S/C33H46N6/c1-20-7-8-24(21(2)15-20)9-12-31-36-28-11-10-26(18-30(28)37-31)35-32(39-14-13-34-22(3)19-39)38-29-17-25-16-27(23(29)4)33(25,5)6/h7-8,10-11,15,18,22-23,25,27,29,34H,9,12-14,16-17,19H2,1-6H3,(H,35,38)(H,36,37)/t22-,23-,25-,27+,29-/m0/s1. The number of hydrogen-bond donors (Lipinski definition) is 3. The van der Waals surface area contributed by atoms with Crippen LogP contribution < -0.4 is 10.6 Å². The number of benzene rings is 2. The summed E-state index contributed by atoms with van der Waals surface area (Å²) < 4.78 is 0. The molecule has 6 heteroatoms. The molecule has 3 N–H and O–H groups in total. The van der Waals surface area contributed by atoms with Crippen molar-refractivity contribution in [3.8, 4) is 0 Å². The van der Waals surface area contributed by atoms with Crippen LogP contribution >= 0.6 is 0 Å². The second kappa shape index (κ2) is 10.3. The zero-order valence-corrected chi connectivity index (χ0v) is 24.6. The van der Waals surface area contributed by atoms with Crippen LogP contribution in [0.25, 0.3) is 11.0 Å². The van der Waals surface area contributed by atoms with E-state index in [2.05, 4.69) is 98.5 Å². The summed E-state index contributed by atoms with van der Waals surface area (Å²) in [4.78, 5) is 16.4. The Morgan fingerprint density at radius 3 is 2.69 bits per heavy atom. The van der Waals surface area contributed by atoms with E-state index in [0.29, 0.717) is 23.4 Å². The Morgan fingerprint density at radius 2 is 1.95 bits per heavy atom. The Labute approximate surface area is 234 Å². The molecule has 0 unspecified atom stereocenters. The number of nitrogens with one attached hydrogen (secondary N) is 3. The van der Waals surface area contributed by atoms with Gasteiger partial charge in [0.05, 0.1) is 17.1 Å². The number of nitrogens with zero attached hydrogens (tertiary/aromatic N) is 3. The van der Waals surface area contributed by atoms with Crippen molar-refractivity contribution < 1.29 is 0 Å². The Balaban J connectivity index is 1.21. The first kappa shape index (κ1) is 26.4. The highest BCUT2D eigenvalue weighted by atomic mass is 15.3. The third-order valence-corrected chi connectivity index (χ3v) is 10.2. The second-order valence-corrected chi connectivity index (χ2v) is 13.2. The molecule has 3 aliphatic carbocycles. The van der Waals surface area contributed by atoms with Gasteiger partial charge >= 0.3 is 0 Å². The summed E-state index contributed by atoms with van der Waals surface area (Å²) in [5, 5.41) is 7.35. The molecule has 6 nitrogen and oxygen atoms in total. The Kier molecular flexibility index (Phi) is 6.95. The van der Waals surface area contributed by atoms with Crippen LogP contribution in [0.15, 0.2) is 41.4 Å². The number of aliphatic imine (C=N–C) groups is 1. The monoisotopic (exact) mass is 526 g/mol. The molecule has 2 heterocycles. The number of aromatic amines is 1. The van der Waals surface area contributed by atoms with Crippen molar-refractivity contribution >= 4 is 22.7 Å². The van der Waals surface area contributed by atoms with Crippen molar-refractivity contribution in [2.75, 3.05) is 25.0 Å². The predicted octanol–water partition coefficient (Wildman–Crippen LogP) is 6.10. The van der Waals surface area contributed by atoms with Crippen LogP contribution in [0.3, 0.4) is 0 Å². The molecule has 1 aliphatic heterocycles. The fraction of sp³-hybridized carbons (Fsp3) is 0.576. The molecule has 39 heavy (non-hydrogen) atoms. The van der Waals surface area contributed by atoms with Crippen molar-refractivity contribution in [1.29, 1.82) is 0 Å². The fourth-order valence-corrected chi connectivity index (χ4v) is 7.53. The average Bonchev–Trinajstić information content (AvgIpc) is 3.30. The molecule has 5 atom stereocenters. The zero-order valence-electron chi connectivity index (χ0n) is 24.6. The van der Waals surface area contributed by atoms with E-state index in [9.17, 15) is 0 Å². The topological polar surface area (TPSA) is 68.3 Å². The number of hydrogen-bond acceptors (Lipinski definition) is 3. The van der Waals surface area contributed by atoms with Gasteiger partial charge < -0.3 is 20.5 Å². The quantitative estimate of drug-likeness (QED) is 0.278. The molecule has 208 valence electrons. The number of guanidine groups is 1. The molecular formula is C33H46N6. The lowest BCUT2D eigenvalue weighted by Gasteiger charge is -2.61. The van der Waals surface area contributed by atoms with Crippen LogP contribution in [0.1, 0.15) is 63.1 Å². The minimum Gasteiger partial charge on any atom is -0.342 e. The molecule has 3 saturated carbocycles. The maximum Gasteiger partial charge on any atom is 0.198 e. The highest BCUT2D eigenvalue weighted by Gasteiger charge is 2.56. The van der Waals surface area contributed by atoms with Gasteiger partial charge in [0.1, 0.15) is 5.82 Å². The van der Waals surface area contributed by atoms with Crippen LogP contribution in [0.4, 0.5) is 5.69 Å². The van der Waals surface area contributed by atoms with E-state index >= 15 is 0 Å². The molecule has 0 amide bonds. The lowest BCUT2D eigenvalue weighted by Crippen LogP contribution is -2.57. The lowest BCUT2D eigenvalue weighted by atomic mass is 9.45. The summed E-state index contributed by atoms with van der Waals surface area (Å²) in [7, 11) is 0. The zero-order chi connectivity index (χ0) is 27.3. The molecule has 7 rings (SSSR count). The maximum atomic E-state index is 5.46. The minimum absolute atomic E-state index is 0.391. The number of anilines is 1. The van der Waals surface area contributed by atoms with E-state index in [1.807, 2.05) is 0 Å². The van der Waals surface area contributed by atoms with Gasteiger partial charge in [-0.05, 0) is 92.5 Å². The number of H-pyrrole nitrogens is 1. The first-order valence-electron chi connectivity index (χ1n) is 15.1. The van der Waals surface area contributed by atoms with Crippen LogP contribution in [-0.2, 0) is 12.8 Å². The van der Waals surface area contributed by atoms with Crippen molar-refractivity contribution in [2.24, 2.45) is 28.2 Å². The Bertz CT molecular complexity index is 1370. The number of imidazole rings is 1. The van der Waals surface area contributed by atoms with Gasteiger partial charge in [-0.3, -0.25) is 0 Å². The van der Waals surface area contributed by atoms with Crippen LogP contribution in [-0.4, -0.2) is 52.5 Å². The molecule has 0 spiro atoms. The summed E-state index contributed by atoms with van der Waals surface area (Å²) in [5.41, 5.74) is 7.73. The molecule has 1 saturated heterocycles. The van der Waals surface area contributed by atoms with Crippen LogP contribution in [0, 0.1) is 37.0 Å². The molecule has 1 aromatic heterocycles. The van der Waals surface area contributed by atoms with Gasteiger partial charge in [-0.25, -0.2) is 9.98 Å². The Morgan fingerprint density at radius 1 is 1.10 bits per heavy atom. The molecule has 2 aromatic carbocycles. The van der Waals surface area contributed by atoms with Crippen molar-refractivity contribution in [2.45, 2.75) is 79.3 Å². The highest BCUT2D eigenvalue weighted by Crippen LogP contribution is 2.61. The van der Waals surface area contributed by atoms with E-state index in [-0.39, 0.29) is 0 Å². The maximum absolute atomic E-state index is 5.46. The normalized spacial score (nSPS) is 28.4. The van der Waals surface area contributed by atoms with E-state index in [0.717, 1.165) is 72.8 Å². The highest BCUT2D eigenvalue weighted by molar-refractivity contribution is 5.95. The van der Waals surface area contributed by atoms with E-state index in [1.54, 1.807) is 0 Å². The van der Waals surface area contributed by atoms with Crippen LogP contribution in [0.5, 0.6) is 0 Å². The number of rotatable bonds is 5. The van der Waals surface area contributed by atoms with Crippen LogP contribution in [0.2, 0.25) is 0 Å². The molecule has 4 aliphatic rings. The lowest BCUT2D eigenvalue weighted by molar-refractivity contribution is -0.108. The molecule has 3 aromatic rings. The van der Waals surface area contributed by atoms with Crippen molar-refractivity contribution in [3.63, 3.8) is 0 Å². The summed E-state index contributed by atoms with van der Waals surface area (Å²) in [6.45, 7) is 16.9. The molecular weight excluding hydrogens is 480 g/mol. The number of aryl methyl sites for hydroxylation is 4. The number of fused-ring (bicyclic) bond motifs is 3. The third-order valence-electron chi connectivity index (χ3n) is 10.2. The first-order chi connectivity index (χ1) is 18.7. The Hall–Kier alpha value is -2.86. The molecule has 4 fully saturated rings. The SMILES string of the molecule is Cc1ccc(CCc2nc3ccc(NC(=N[C@H]4C[C@@H]5C[C@H]([C@@H]4C)C5(C)C)N4CCN[C@@H](C)C4)cc3[nH]2)c(C)c1. The van der Waals surface area contributed by atoms with Gasteiger partial charge in [0.15, 0.2) is 5.96 Å². The summed E-state index contributed by atoms with van der Waals surface area (Å²) >= 11 is 0. The van der Waals surface area contributed by atoms with Gasteiger partial charge in [0.2, 0.25) is 0 Å².